The van der Waals surface area contributed by atoms with Crippen LogP contribution in [0, 0.1) is 0 Å². The van der Waals surface area contributed by atoms with Crippen LogP contribution in [0.5, 0.6) is 0 Å². The Balaban J connectivity index is 1.38. The first-order valence-corrected chi connectivity index (χ1v) is 9.17. The van der Waals surface area contributed by atoms with Crippen molar-refractivity contribution in [3.63, 3.8) is 0 Å². The normalized spacial score (nSPS) is 24.8. The first-order valence-electron chi connectivity index (χ1n) is 9.17. The van der Waals surface area contributed by atoms with Gasteiger partial charge in [-0.2, -0.15) is 0 Å². The highest BCUT2D eigenvalue weighted by Gasteiger charge is 2.35. The third-order valence-corrected chi connectivity index (χ3v) is 5.46. The molecular formula is C19H29N3O2. The zero-order valence-electron chi connectivity index (χ0n) is 14.5. The van der Waals surface area contributed by atoms with Crippen molar-refractivity contribution < 1.29 is 9.90 Å². The van der Waals surface area contributed by atoms with E-state index in [0.29, 0.717) is 18.1 Å². The van der Waals surface area contributed by atoms with Gasteiger partial charge in [0.05, 0.1) is 6.54 Å². The predicted molar refractivity (Wildman–Crippen MR) is 96.5 cm³/mol. The molecule has 1 aliphatic heterocycles. The Bertz CT molecular complexity index is 523. The van der Waals surface area contributed by atoms with E-state index in [0.717, 1.165) is 32.5 Å². The Hall–Kier alpha value is -1.59. The molecule has 5 nitrogen and oxygen atoms in total. The lowest BCUT2D eigenvalue weighted by Gasteiger charge is -2.45. The van der Waals surface area contributed by atoms with Crippen LogP contribution in [-0.2, 0) is 4.79 Å². The monoisotopic (exact) mass is 331 g/mol. The van der Waals surface area contributed by atoms with Crippen LogP contribution >= 0.6 is 0 Å². The summed E-state index contributed by atoms with van der Waals surface area (Å²) < 4.78 is 0. The van der Waals surface area contributed by atoms with Crippen molar-refractivity contribution in [1.82, 2.24) is 10.2 Å². The fourth-order valence-electron chi connectivity index (χ4n) is 3.97. The first-order chi connectivity index (χ1) is 11.7. The summed E-state index contributed by atoms with van der Waals surface area (Å²) in [7, 11) is 0. The quantitative estimate of drug-likeness (QED) is 0.802. The number of anilines is 1. The van der Waals surface area contributed by atoms with Crippen LogP contribution in [0.25, 0.3) is 0 Å². The van der Waals surface area contributed by atoms with E-state index in [1.54, 1.807) is 0 Å². The van der Waals surface area contributed by atoms with Crippen LogP contribution in [0.2, 0.25) is 0 Å². The number of likely N-dealkylation sites (N-methyl/N-ethyl adjacent to an activating group) is 1. The lowest BCUT2D eigenvalue weighted by atomic mass is 9.84. The Morgan fingerprint density at radius 2 is 1.88 bits per heavy atom. The predicted octanol–water partition coefficient (Wildman–Crippen LogP) is 2.18. The van der Waals surface area contributed by atoms with Gasteiger partial charge in [-0.3, -0.25) is 9.69 Å². The van der Waals surface area contributed by atoms with Gasteiger partial charge in [0.2, 0.25) is 0 Å². The molecule has 2 fully saturated rings. The lowest BCUT2D eigenvalue weighted by Crippen LogP contribution is -2.57. The van der Waals surface area contributed by atoms with Gasteiger partial charge in [0.25, 0.3) is 0 Å². The molecule has 0 bridgehead atoms. The molecule has 0 aromatic heterocycles. The van der Waals surface area contributed by atoms with E-state index in [1.165, 1.54) is 18.5 Å². The molecular weight excluding hydrogens is 302 g/mol. The van der Waals surface area contributed by atoms with E-state index in [1.807, 2.05) is 6.92 Å². The van der Waals surface area contributed by atoms with Crippen molar-refractivity contribution in [2.45, 2.75) is 50.7 Å². The zero-order valence-corrected chi connectivity index (χ0v) is 14.5. The molecule has 1 aliphatic carbocycles. The summed E-state index contributed by atoms with van der Waals surface area (Å²) in [4.78, 5) is 15.4. The Labute approximate surface area is 144 Å². The number of rotatable bonds is 7. The van der Waals surface area contributed by atoms with E-state index >= 15 is 0 Å². The summed E-state index contributed by atoms with van der Waals surface area (Å²) in [5.41, 5.74) is 1.33. The third kappa shape index (κ3) is 4.28. The minimum atomic E-state index is -0.721. The van der Waals surface area contributed by atoms with Gasteiger partial charge in [-0.25, -0.2) is 0 Å². The van der Waals surface area contributed by atoms with E-state index in [2.05, 4.69) is 45.4 Å². The maximum absolute atomic E-state index is 10.9. The molecule has 1 saturated heterocycles. The SMILES string of the molecule is CCN(CC(=O)O)C1CC(NC2CCN(c3ccccc3)CC2)C1. The second kappa shape index (κ2) is 7.99. The molecule has 132 valence electrons. The molecule has 3 rings (SSSR count). The number of aliphatic carboxylic acids is 1. The van der Waals surface area contributed by atoms with Gasteiger partial charge in [-0.05, 0) is 44.4 Å². The summed E-state index contributed by atoms with van der Waals surface area (Å²) in [6.07, 6.45) is 4.53. The molecule has 0 spiro atoms. The van der Waals surface area contributed by atoms with Gasteiger partial charge in [0, 0.05) is 36.9 Å². The summed E-state index contributed by atoms with van der Waals surface area (Å²) >= 11 is 0. The van der Waals surface area contributed by atoms with Gasteiger partial charge in [0.15, 0.2) is 0 Å². The van der Waals surface area contributed by atoms with Crippen LogP contribution < -0.4 is 10.2 Å². The first kappa shape index (κ1) is 17.2. The number of nitrogens with one attached hydrogen (secondary N) is 1. The van der Waals surface area contributed by atoms with Crippen molar-refractivity contribution in [2.24, 2.45) is 0 Å². The summed E-state index contributed by atoms with van der Waals surface area (Å²) in [6.45, 7) is 5.25. The number of benzene rings is 1. The number of hydrogen-bond acceptors (Lipinski definition) is 4. The van der Waals surface area contributed by atoms with Crippen LogP contribution in [0.1, 0.15) is 32.6 Å². The second-order valence-corrected chi connectivity index (χ2v) is 7.04. The molecule has 24 heavy (non-hydrogen) atoms. The number of carboxylic acid groups (broad SMARTS) is 1. The van der Waals surface area contributed by atoms with Gasteiger partial charge in [-0.1, -0.05) is 25.1 Å². The number of nitrogens with zero attached hydrogens (tertiary/aromatic N) is 2. The minimum absolute atomic E-state index is 0.170. The number of hydrogen-bond donors (Lipinski definition) is 2. The average molecular weight is 331 g/mol. The van der Waals surface area contributed by atoms with Crippen LogP contribution in [0.3, 0.4) is 0 Å². The fraction of sp³-hybridized carbons (Fsp3) is 0.632. The number of piperidine rings is 1. The molecule has 0 radical (unpaired) electrons. The minimum Gasteiger partial charge on any atom is -0.480 e. The Morgan fingerprint density at radius 1 is 1.21 bits per heavy atom. The summed E-state index contributed by atoms with van der Waals surface area (Å²) in [6, 6.07) is 12.2. The molecule has 0 unspecified atom stereocenters. The van der Waals surface area contributed by atoms with Gasteiger partial charge >= 0.3 is 5.97 Å². The molecule has 2 aliphatic rings. The number of carboxylic acids is 1. The highest BCUT2D eigenvalue weighted by Crippen LogP contribution is 2.27. The van der Waals surface area contributed by atoms with Gasteiger partial charge < -0.3 is 15.3 Å². The molecule has 1 saturated carbocycles. The maximum atomic E-state index is 10.9. The lowest BCUT2D eigenvalue weighted by molar-refractivity contribution is -0.139. The van der Waals surface area contributed by atoms with E-state index in [-0.39, 0.29) is 6.54 Å². The van der Waals surface area contributed by atoms with E-state index in [4.69, 9.17) is 5.11 Å². The molecule has 0 amide bonds. The smallest absolute Gasteiger partial charge is 0.317 e. The van der Waals surface area contributed by atoms with Gasteiger partial charge in [0.1, 0.15) is 0 Å². The molecule has 2 N–H and O–H groups in total. The number of carbonyl (C=O) groups is 1. The molecule has 1 aromatic carbocycles. The fourth-order valence-corrected chi connectivity index (χ4v) is 3.97. The summed E-state index contributed by atoms with van der Waals surface area (Å²) in [5.74, 6) is -0.721. The standard InChI is InChI=1S/C19H29N3O2/c1-2-21(14-19(23)24)18-12-16(13-18)20-15-8-10-22(11-9-15)17-6-4-3-5-7-17/h3-7,15-16,18,20H,2,8-14H2,1H3,(H,23,24). The van der Waals surface area contributed by atoms with Crippen molar-refractivity contribution in [3.8, 4) is 0 Å². The third-order valence-electron chi connectivity index (χ3n) is 5.46. The molecule has 1 heterocycles. The molecule has 1 aromatic rings. The van der Waals surface area contributed by atoms with Crippen molar-refractivity contribution >= 4 is 11.7 Å². The molecule has 0 atom stereocenters. The highest BCUT2D eigenvalue weighted by atomic mass is 16.4. The van der Waals surface area contributed by atoms with Gasteiger partial charge in [-0.15, -0.1) is 0 Å². The second-order valence-electron chi connectivity index (χ2n) is 7.04. The van der Waals surface area contributed by atoms with Crippen molar-refractivity contribution in [1.29, 1.82) is 0 Å². The van der Waals surface area contributed by atoms with Crippen LogP contribution in [0.15, 0.2) is 30.3 Å². The van der Waals surface area contributed by atoms with Crippen LogP contribution in [-0.4, -0.2) is 60.3 Å². The average Bonchev–Trinajstić information content (AvgIpc) is 2.57. The van der Waals surface area contributed by atoms with Crippen LogP contribution in [0.4, 0.5) is 5.69 Å². The van der Waals surface area contributed by atoms with E-state index in [9.17, 15) is 4.79 Å². The largest absolute Gasteiger partial charge is 0.480 e. The topological polar surface area (TPSA) is 55.8 Å². The van der Waals surface area contributed by atoms with Crippen molar-refractivity contribution in [2.75, 3.05) is 31.1 Å². The maximum Gasteiger partial charge on any atom is 0.317 e. The Morgan fingerprint density at radius 3 is 2.46 bits per heavy atom. The highest BCUT2D eigenvalue weighted by molar-refractivity contribution is 5.69. The number of para-hydroxylation sites is 1. The van der Waals surface area contributed by atoms with Crippen molar-refractivity contribution in [3.05, 3.63) is 30.3 Å². The van der Waals surface area contributed by atoms with E-state index < -0.39 is 5.97 Å². The zero-order chi connectivity index (χ0) is 16.9. The Kier molecular flexibility index (Phi) is 5.74. The molecule has 5 heteroatoms. The summed E-state index contributed by atoms with van der Waals surface area (Å²) in [5, 5.41) is 12.8.